The Labute approximate surface area is 129 Å². The summed E-state index contributed by atoms with van der Waals surface area (Å²) in [5.41, 5.74) is 4.81. The monoisotopic (exact) mass is 339 g/mol. The van der Waals surface area contributed by atoms with E-state index in [1.165, 1.54) is 11.1 Å². The topological polar surface area (TPSA) is 56.5 Å². The lowest BCUT2D eigenvalue weighted by molar-refractivity contribution is 1.08. The van der Waals surface area contributed by atoms with E-state index >= 15 is 0 Å². The zero-order valence-corrected chi connectivity index (χ0v) is 12.5. The molecule has 0 aromatic carbocycles. The summed E-state index contributed by atoms with van der Waals surface area (Å²) in [4.78, 5) is 17.3. The molecule has 1 aliphatic rings. The summed E-state index contributed by atoms with van der Waals surface area (Å²) in [6, 6.07) is 4.06. The van der Waals surface area contributed by atoms with Gasteiger partial charge in [0.1, 0.15) is 10.9 Å². The molecule has 1 aliphatic carbocycles. The largest absolute Gasteiger partial charge is 0.289 e. The molecular formula is C15H10BrN5. The number of nitrogens with zero attached hydrogens (tertiary/aromatic N) is 5. The molecule has 0 saturated carbocycles. The van der Waals surface area contributed by atoms with E-state index in [0.29, 0.717) is 10.3 Å². The third kappa shape index (κ3) is 2.27. The van der Waals surface area contributed by atoms with Gasteiger partial charge in [-0.15, -0.1) is 0 Å². The predicted molar refractivity (Wildman–Crippen MR) is 84.3 cm³/mol. The van der Waals surface area contributed by atoms with Gasteiger partial charge in [0.15, 0.2) is 11.3 Å². The van der Waals surface area contributed by atoms with Gasteiger partial charge in [0.25, 0.3) is 0 Å². The Balaban J connectivity index is 1.76. The minimum atomic E-state index is 0.636. The van der Waals surface area contributed by atoms with Crippen molar-refractivity contribution < 1.29 is 0 Å². The van der Waals surface area contributed by atoms with Crippen molar-refractivity contribution >= 4 is 39.5 Å². The molecule has 102 valence electrons. The number of imidazole rings is 1. The van der Waals surface area contributed by atoms with Gasteiger partial charge in [-0.3, -0.25) is 9.55 Å². The Bertz CT molecular complexity index is 894. The van der Waals surface area contributed by atoms with Crippen molar-refractivity contribution in [3.8, 4) is 0 Å². The highest BCUT2D eigenvalue weighted by Gasteiger charge is 2.10. The first-order chi connectivity index (χ1) is 10.3. The molecule has 0 spiro atoms. The fourth-order valence-corrected chi connectivity index (χ4v) is 2.64. The van der Waals surface area contributed by atoms with Crippen molar-refractivity contribution in [2.24, 2.45) is 0 Å². The summed E-state index contributed by atoms with van der Waals surface area (Å²) in [6.07, 6.45) is 12.2. The van der Waals surface area contributed by atoms with E-state index in [4.69, 9.17) is 0 Å². The zero-order chi connectivity index (χ0) is 14.2. The summed E-state index contributed by atoms with van der Waals surface area (Å²) >= 11 is 3.34. The summed E-state index contributed by atoms with van der Waals surface area (Å²) in [7, 11) is 0. The molecule has 0 fully saturated rings. The molecule has 21 heavy (non-hydrogen) atoms. The third-order valence-corrected chi connectivity index (χ3v) is 3.72. The fraction of sp³-hybridized carbons (Fsp3) is 0.0667. The second-order valence-electron chi connectivity index (χ2n) is 4.75. The Hall–Kier alpha value is -2.34. The van der Waals surface area contributed by atoms with Crippen LogP contribution in [-0.2, 0) is 6.42 Å². The highest BCUT2D eigenvalue weighted by Crippen LogP contribution is 2.22. The lowest BCUT2D eigenvalue weighted by Crippen LogP contribution is -2.00. The first kappa shape index (κ1) is 12.4. The van der Waals surface area contributed by atoms with E-state index in [1.54, 1.807) is 12.5 Å². The van der Waals surface area contributed by atoms with Crippen molar-refractivity contribution in [1.29, 1.82) is 0 Å². The van der Waals surface area contributed by atoms with Gasteiger partial charge in [-0.05, 0) is 39.2 Å². The predicted octanol–water partition coefficient (Wildman–Crippen LogP) is 3.09. The summed E-state index contributed by atoms with van der Waals surface area (Å²) < 4.78 is 2.59. The number of halogens is 1. The first-order valence-electron chi connectivity index (χ1n) is 6.47. The van der Waals surface area contributed by atoms with Crippen molar-refractivity contribution in [1.82, 2.24) is 24.5 Å². The smallest absolute Gasteiger partial charge is 0.197 e. The van der Waals surface area contributed by atoms with E-state index < -0.39 is 0 Å². The second kappa shape index (κ2) is 4.89. The normalized spacial score (nSPS) is 15.6. The summed E-state index contributed by atoms with van der Waals surface area (Å²) in [5.74, 6) is 0. The zero-order valence-electron chi connectivity index (χ0n) is 10.9. The minimum Gasteiger partial charge on any atom is -0.289 e. The molecule has 0 radical (unpaired) electrons. The van der Waals surface area contributed by atoms with Gasteiger partial charge in [-0.2, -0.15) is 0 Å². The number of hydrogen-bond donors (Lipinski definition) is 0. The van der Waals surface area contributed by atoms with Crippen LogP contribution in [-0.4, -0.2) is 24.5 Å². The van der Waals surface area contributed by atoms with Crippen LogP contribution in [0.1, 0.15) is 11.3 Å². The maximum Gasteiger partial charge on any atom is 0.197 e. The first-order valence-corrected chi connectivity index (χ1v) is 7.27. The number of rotatable bonds is 1. The molecule has 3 aromatic rings. The molecule has 3 aromatic heterocycles. The Morgan fingerprint density at radius 2 is 2.14 bits per heavy atom. The minimum absolute atomic E-state index is 0.636. The van der Waals surface area contributed by atoms with Crippen LogP contribution in [0.5, 0.6) is 0 Å². The van der Waals surface area contributed by atoms with Crippen LogP contribution >= 0.6 is 15.9 Å². The Morgan fingerprint density at radius 3 is 3.10 bits per heavy atom. The second-order valence-corrected chi connectivity index (χ2v) is 5.57. The molecule has 6 heteroatoms. The van der Waals surface area contributed by atoms with Gasteiger partial charge in [-0.25, -0.2) is 15.0 Å². The van der Waals surface area contributed by atoms with Crippen LogP contribution < -0.4 is 0 Å². The molecule has 0 bridgehead atoms. The van der Waals surface area contributed by atoms with Crippen molar-refractivity contribution in [2.75, 3.05) is 0 Å². The molecule has 0 N–H and O–H groups in total. The lowest BCUT2D eigenvalue weighted by Gasteiger charge is -2.11. The van der Waals surface area contributed by atoms with Gasteiger partial charge in [-0.1, -0.05) is 12.1 Å². The Morgan fingerprint density at radius 1 is 1.19 bits per heavy atom. The number of aromatic nitrogens is 5. The maximum atomic E-state index is 4.42. The molecule has 4 rings (SSSR count). The van der Waals surface area contributed by atoms with E-state index in [-0.39, 0.29) is 0 Å². The number of pyridine rings is 1. The van der Waals surface area contributed by atoms with Crippen LogP contribution in [0, 0.1) is 0 Å². The molecule has 0 amide bonds. The molecule has 0 unspecified atom stereocenters. The van der Waals surface area contributed by atoms with Gasteiger partial charge < -0.3 is 0 Å². The van der Waals surface area contributed by atoms with Crippen molar-refractivity contribution in [2.45, 2.75) is 6.42 Å². The van der Waals surface area contributed by atoms with Crippen LogP contribution in [0.3, 0.4) is 0 Å². The van der Waals surface area contributed by atoms with E-state index in [2.05, 4.69) is 48.0 Å². The van der Waals surface area contributed by atoms with E-state index in [9.17, 15) is 0 Å². The standard InChI is InChI=1S/C15H10BrN5/c16-13-7-18-14-15(20-13)21(9-19-14)8-10-3-4-12-11(6-10)2-1-5-17-12/h1-5,7-9H,6H2. The Kier molecular flexibility index (Phi) is 2.89. The van der Waals surface area contributed by atoms with E-state index in [1.807, 2.05) is 29.1 Å². The van der Waals surface area contributed by atoms with Crippen molar-refractivity contribution in [3.05, 3.63) is 58.4 Å². The highest BCUT2D eigenvalue weighted by molar-refractivity contribution is 9.10. The van der Waals surface area contributed by atoms with Crippen LogP contribution in [0.15, 0.2) is 47.1 Å². The average Bonchev–Trinajstić information content (AvgIpc) is 2.89. The number of allylic oxidation sites excluding steroid dienone is 2. The lowest BCUT2D eigenvalue weighted by atomic mass is 9.98. The van der Waals surface area contributed by atoms with Crippen LogP contribution in [0.2, 0.25) is 0 Å². The number of hydrogen-bond acceptors (Lipinski definition) is 4. The van der Waals surface area contributed by atoms with Crippen LogP contribution in [0.25, 0.3) is 23.6 Å². The molecular weight excluding hydrogens is 330 g/mol. The summed E-state index contributed by atoms with van der Waals surface area (Å²) in [5, 5.41) is 0. The van der Waals surface area contributed by atoms with Gasteiger partial charge >= 0.3 is 0 Å². The SMILES string of the molecule is Brc1cnc2ncn(C=C3C=Cc4ncccc4C3)c2n1. The molecule has 5 nitrogen and oxygen atoms in total. The van der Waals surface area contributed by atoms with Crippen molar-refractivity contribution in [3.63, 3.8) is 0 Å². The third-order valence-electron chi connectivity index (χ3n) is 3.34. The molecule has 0 saturated heterocycles. The van der Waals surface area contributed by atoms with Gasteiger partial charge in [0.05, 0.1) is 11.9 Å². The maximum absolute atomic E-state index is 4.42. The van der Waals surface area contributed by atoms with Gasteiger partial charge in [0.2, 0.25) is 0 Å². The highest BCUT2D eigenvalue weighted by atomic mass is 79.9. The molecule has 0 aliphatic heterocycles. The van der Waals surface area contributed by atoms with Crippen LogP contribution in [0.4, 0.5) is 0 Å². The van der Waals surface area contributed by atoms with Gasteiger partial charge in [0, 0.05) is 18.8 Å². The average molecular weight is 340 g/mol. The fourth-order valence-electron chi connectivity index (χ4n) is 2.37. The number of fused-ring (bicyclic) bond motifs is 2. The molecule has 3 heterocycles. The molecule has 0 atom stereocenters. The quantitative estimate of drug-likeness (QED) is 0.683. The summed E-state index contributed by atoms with van der Waals surface area (Å²) in [6.45, 7) is 0. The van der Waals surface area contributed by atoms with E-state index in [0.717, 1.165) is 17.8 Å².